The Balaban J connectivity index is 1.90. The lowest BCUT2D eigenvalue weighted by atomic mass is 9.95. The molecular weight excluding hydrogens is 192 g/mol. The van der Waals surface area contributed by atoms with E-state index >= 15 is 0 Å². The maximum atomic E-state index is 5.45. The molecule has 0 radical (unpaired) electrons. The van der Waals surface area contributed by atoms with Crippen molar-refractivity contribution in [3.05, 3.63) is 5.82 Å². The maximum absolute atomic E-state index is 5.45. The Labute approximate surface area is 88.8 Å². The highest BCUT2D eigenvalue weighted by molar-refractivity contribution is 5.28. The highest BCUT2D eigenvalue weighted by atomic mass is 16.5. The molecule has 5 nitrogen and oxygen atoms in total. The monoisotopic (exact) mass is 208 g/mol. The number of anilines is 1. The molecule has 2 aliphatic heterocycles. The molecule has 0 spiro atoms. The standard InChI is InChI=1S/C10H16N4O/c1-7-12-10-11-4-2-9(14(10)13-7)8-3-5-15-6-8/h8-9H,2-6H2,1H3,(H,11,12,13). The van der Waals surface area contributed by atoms with Crippen molar-refractivity contribution in [2.75, 3.05) is 25.1 Å². The lowest BCUT2D eigenvalue weighted by molar-refractivity contribution is 0.167. The molecule has 1 aromatic heterocycles. The van der Waals surface area contributed by atoms with Gasteiger partial charge in [0.05, 0.1) is 12.6 Å². The van der Waals surface area contributed by atoms with Crippen molar-refractivity contribution in [3.8, 4) is 0 Å². The molecule has 0 saturated carbocycles. The zero-order valence-corrected chi connectivity index (χ0v) is 8.94. The first-order valence-electron chi connectivity index (χ1n) is 5.59. The molecule has 2 aliphatic rings. The van der Waals surface area contributed by atoms with Gasteiger partial charge in [-0.2, -0.15) is 10.1 Å². The number of aromatic nitrogens is 3. The summed E-state index contributed by atoms with van der Waals surface area (Å²) < 4.78 is 7.50. The summed E-state index contributed by atoms with van der Waals surface area (Å²) in [5.41, 5.74) is 0. The van der Waals surface area contributed by atoms with E-state index in [0.717, 1.165) is 44.4 Å². The largest absolute Gasteiger partial charge is 0.381 e. The van der Waals surface area contributed by atoms with Crippen LogP contribution < -0.4 is 5.32 Å². The van der Waals surface area contributed by atoms with Gasteiger partial charge < -0.3 is 10.1 Å². The van der Waals surface area contributed by atoms with E-state index in [0.29, 0.717) is 12.0 Å². The third kappa shape index (κ3) is 1.51. The zero-order valence-electron chi connectivity index (χ0n) is 8.94. The Morgan fingerprint density at radius 3 is 3.20 bits per heavy atom. The SMILES string of the molecule is Cc1nc2n(n1)C(C1CCOC1)CCN2. The average Bonchev–Trinajstić information content (AvgIpc) is 2.82. The number of nitrogens with zero attached hydrogens (tertiary/aromatic N) is 3. The van der Waals surface area contributed by atoms with Crippen molar-refractivity contribution in [3.63, 3.8) is 0 Å². The molecule has 15 heavy (non-hydrogen) atoms. The second kappa shape index (κ2) is 3.48. The first kappa shape index (κ1) is 9.15. The topological polar surface area (TPSA) is 52.0 Å². The fraction of sp³-hybridized carbons (Fsp3) is 0.800. The van der Waals surface area contributed by atoms with Gasteiger partial charge in [-0.05, 0) is 19.8 Å². The lowest BCUT2D eigenvalue weighted by Gasteiger charge is -2.28. The fourth-order valence-corrected chi connectivity index (χ4v) is 2.53. The van der Waals surface area contributed by atoms with Crippen molar-refractivity contribution >= 4 is 5.95 Å². The molecule has 0 amide bonds. The molecule has 5 heteroatoms. The molecule has 2 unspecified atom stereocenters. The molecule has 1 N–H and O–H groups in total. The van der Waals surface area contributed by atoms with Crippen molar-refractivity contribution in [1.82, 2.24) is 14.8 Å². The summed E-state index contributed by atoms with van der Waals surface area (Å²) in [5.74, 6) is 2.39. The van der Waals surface area contributed by atoms with Crippen LogP contribution in [0.4, 0.5) is 5.95 Å². The van der Waals surface area contributed by atoms with E-state index in [1.807, 2.05) is 6.92 Å². The molecule has 0 aromatic carbocycles. The number of ether oxygens (including phenoxy) is 1. The quantitative estimate of drug-likeness (QED) is 0.747. The Kier molecular flexibility index (Phi) is 2.12. The third-order valence-electron chi connectivity index (χ3n) is 3.28. The molecule has 3 rings (SSSR count). The van der Waals surface area contributed by atoms with Crippen molar-refractivity contribution in [2.24, 2.45) is 5.92 Å². The number of hydrogen-bond donors (Lipinski definition) is 1. The first-order chi connectivity index (χ1) is 7.34. The van der Waals surface area contributed by atoms with Crippen LogP contribution >= 0.6 is 0 Å². The molecule has 2 atom stereocenters. The molecular formula is C10H16N4O. The van der Waals surface area contributed by atoms with E-state index in [9.17, 15) is 0 Å². The summed E-state index contributed by atoms with van der Waals surface area (Å²) in [6.45, 7) is 4.72. The first-order valence-corrected chi connectivity index (χ1v) is 5.59. The van der Waals surface area contributed by atoms with Gasteiger partial charge in [-0.1, -0.05) is 0 Å². The van der Waals surface area contributed by atoms with E-state index in [-0.39, 0.29) is 0 Å². The van der Waals surface area contributed by atoms with Gasteiger partial charge in [-0.3, -0.25) is 0 Å². The highest BCUT2D eigenvalue weighted by Crippen LogP contribution is 2.32. The van der Waals surface area contributed by atoms with Crippen LogP contribution in [-0.4, -0.2) is 34.5 Å². The maximum Gasteiger partial charge on any atom is 0.221 e. The minimum absolute atomic E-state index is 0.477. The van der Waals surface area contributed by atoms with Gasteiger partial charge >= 0.3 is 0 Å². The summed E-state index contributed by atoms with van der Waals surface area (Å²) in [7, 11) is 0. The predicted octanol–water partition coefficient (Wildman–Crippen LogP) is 0.980. The van der Waals surface area contributed by atoms with Gasteiger partial charge in [0.15, 0.2) is 0 Å². The van der Waals surface area contributed by atoms with Crippen molar-refractivity contribution in [2.45, 2.75) is 25.8 Å². The molecule has 1 aromatic rings. The number of nitrogens with one attached hydrogen (secondary N) is 1. The van der Waals surface area contributed by atoms with Crippen molar-refractivity contribution in [1.29, 1.82) is 0 Å². The molecule has 1 fully saturated rings. The lowest BCUT2D eigenvalue weighted by Crippen LogP contribution is -2.29. The minimum atomic E-state index is 0.477. The van der Waals surface area contributed by atoms with Crippen LogP contribution in [-0.2, 0) is 4.74 Å². The second-order valence-electron chi connectivity index (χ2n) is 4.33. The summed E-state index contributed by atoms with van der Waals surface area (Å²) in [5, 5.41) is 7.75. The Morgan fingerprint density at radius 2 is 2.40 bits per heavy atom. The van der Waals surface area contributed by atoms with Gasteiger partial charge in [-0.25, -0.2) is 4.68 Å². The van der Waals surface area contributed by atoms with Crippen LogP contribution in [0.2, 0.25) is 0 Å². The molecule has 1 saturated heterocycles. The van der Waals surface area contributed by atoms with Crippen LogP contribution in [0.3, 0.4) is 0 Å². The van der Waals surface area contributed by atoms with Crippen molar-refractivity contribution < 1.29 is 4.74 Å². The van der Waals surface area contributed by atoms with Crippen LogP contribution in [0.25, 0.3) is 0 Å². The van der Waals surface area contributed by atoms with E-state index in [1.165, 1.54) is 0 Å². The average molecular weight is 208 g/mol. The summed E-state index contributed by atoms with van der Waals surface area (Å²) in [4.78, 5) is 4.37. The summed E-state index contributed by atoms with van der Waals surface area (Å²) in [6, 6.07) is 0.477. The highest BCUT2D eigenvalue weighted by Gasteiger charge is 2.31. The molecule has 0 bridgehead atoms. The van der Waals surface area contributed by atoms with E-state index in [4.69, 9.17) is 4.74 Å². The van der Waals surface area contributed by atoms with Crippen LogP contribution in [0, 0.1) is 12.8 Å². The minimum Gasteiger partial charge on any atom is -0.381 e. The normalized spacial score (nSPS) is 29.9. The van der Waals surface area contributed by atoms with E-state index in [2.05, 4.69) is 20.1 Å². The van der Waals surface area contributed by atoms with Gasteiger partial charge in [0.25, 0.3) is 0 Å². The van der Waals surface area contributed by atoms with Gasteiger partial charge in [0.1, 0.15) is 5.82 Å². The van der Waals surface area contributed by atoms with Gasteiger partial charge in [0, 0.05) is 19.1 Å². The second-order valence-corrected chi connectivity index (χ2v) is 4.33. The number of fused-ring (bicyclic) bond motifs is 1. The number of hydrogen-bond acceptors (Lipinski definition) is 4. The fourth-order valence-electron chi connectivity index (χ4n) is 2.53. The van der Waals surface area contributed by atoms with Gasteiger partial charge in [0.2, 0.25) is 5.95 Å². The smallest absolute Gasteiger partial charge is 0.221 e. The van der Waals surface area contributed by atoms with Crippen LogP contribution in [0.1, 0.15) is 24.7 Å². The number of aryl methyl sites for hydroxylation is 1. The summed E-state index contributed by atoms with van der Waals surface area (Å²) in [6.07, 6.45) is 2.28. The molecule has 82 valence electrons. The van der Waals surface area contributed by atoms with E-state index in [1.54, 1.807) is 0 Å². The van der Waals surface area contributed by atoms with Gasteiger partial charge in [-0.15, -0.1) is 0 Å². The van der Waals surface area contributed by atoms with E-state index < -0.39 is 0 Å². The van der Waals surface area contributed by atoms with Crippen LogP contribution in [0.15, 0.2) is 0 Å². The molecule has 0 aliphatic carbocycles. The summed E-state index contributed by atoms with van der Waals surface area (Å²) >= 11 is 0. The third-order valence-corrected chi connectivity index (χ3v) is 3.28. The Morgan fingerprint density at radius 1 is 1.47 bits per heavy atom. The Bertz CT molecular complexity index is 356. The van der Waals surface area contributed by atoms with Crippen LogP contribution in [0.5, 0.6) is 0 Å². The molecule has 3 heterocycles. The zero-order chi connectivity index (χ0) is 10.3. The number of rotatable bonds is 1. The predicted molar refractivity (Wildman–Crippen MR) is 55.8 cm³/mol. The Hall–Kier alpha value is -1.10.